The summed E-state index contributed by atoms with van der Waals surface area (Å²) >= 11 is 3.03. The number of ether oxygens (including phenoxy) is 1. The van der Waals surface area contributed by atoms with Crippen LogP contribution in [0.4, 0.5) is 0 Å². The highest BCUT2D eigenvalue weighted by Gasteiger charge is 2.10. The van der Waals surface area contributed by atoms with E-state index in [0.29, 0.717) is 17.6 Å². The second-order valence-electron chi connectivity index (χ2n) is 4.24. The fraction of sp³-hybridized carbons (Fsp3) is 0.231. The summed E-state index contributed by atoms with van der Waals surface area (Å²) in [4.78, 5) is 14.3. The van der Waals surface area contributed by atoms with Crippen molar-refractivity contribution in [2.24, 2.45) is 0 Å². The molecule has 0 radical (unpaired) electrons. The standard InChI is InChI=1S/C13H13N5OS2/c1-8-6-11(15-10(14-8)7-19-2)21-13-16-12(17-18-13)9-4-3-5-20-9/h3-6H,7H2,1-2H3,(H,16,17,18). The van der Waals surface area contributed by atoms with Crippen molar-refractivity contribution in [1.29, 1.82) is 0 Å². The highest BCUT2D eigenvalue weighted by atomic mass is 32.2. The van der Waals surface area contributed by atoms with Gasteiger partial charge in [0.15, 0.2) is 11.6 Å². The number of methoxy groups -OCH3 is 1. The van der Waals surface area contributed by atoms with Crippen LogP contribution in [0.5, 0.6) is 0 Å². The van der Waals surface area contributed by atoms with E-state index in [-0.39, 0.29) is 0 Å². The van der Waals surface area contributed by atoms with Gasteiger partial charge in [-0.25, -0.2) is 15.0 Å². The van der Waals surface area contributed by atoms with E-state index >= 15 is 0 Å². The van der Waals surface area contributed by atoms with Crippen LogP contribution in [-0.2, 0) is 11.3 Å². The smallest absolute Gasteiger partial charge is 0.215 e. The average Bonchev–Trinajstić information content (AvgIpc) is 3.08. The van der Waals surface area contributed by atoms with Gasteiger partial charge in [-0.05, 0) is 36.2 Å². The molecule has 0 aliphatic rings. The first kappa shape index (κ1) is 14.2. The molecule has 0 amide bonds. The number of H-pyrrole nitrogens is 1. The molecule has 0 fully saturated rings. The lowest BCUT2D eigenvalue weighted by Crippen LogP contribution is -1.99. The van der Waals surface area contributed by atoms with Crippen LogP contribution in [0, 0.1) is 6.92 Å². The maximum absolute atomic E-state index is 5.07. The Labute approximate surface area is 130 Å². The van der Waals surface area contributed by atoms with Crippen LogP contribution in [0.1, 0.15) is 11.5 Å². The van der Waals surface area contributed by atoms with E-state index in [1.807, 2.05) is 30.5 Å². The number of hydrogen-bond acceptors (Lipinski definition) is 7. The number of hydrogen-bond donors (Lipinski definition) is 1. The van der Waals surface area contributed by atoms with Gasteiger partial charge in [0.1, 0.15) is 11.6 Å². The molecular weight excluding hydrogens is 306 g/mol. The molecule has 0 bridgehead atoms. The minimum Gasteiger partial charge on any atom is -0.377 e. The Balaban J connectivity index is 1.80. The maximum atomic E-state index is 5.07. The highest BCUT2D eigenvalue weighted by Crippen LogP contribution is 2.27. The third-order valence-corrected chi connectivity index (χ3v) is 4.23. The summed E-state index contributed by atoms with van der Waals surface area (Å²) in [5.74, 6) is 1.43. The number of aryl methyl sites for hydroxylation is 1. The predicted molar refractivity (Wildman–Crippen MR) is 81.3 cm³/mol. The Morgan fingerprint density at radius 2 is 2.24 bits per heavy atom. The fourth-order valence-corrected chi connectivity index (χ4v) is 3.21. The second-order valence-corrected chi connectivity index (χ2v) is 6.18. The van der Waals surface area contributed by atoms with Gasteiger partial charge < -0.3 is 4.74 Å². The molecule has 0 saturated carbocycles. The summed E-state index contributed by atoms with van der Waals surface area (Å²) in [5.41, 5.74) is 0.897. The van der Waals surface area contributed by atoms with Gasteiger partial charge in [-0.3, -0.25) is 5.10 Å². The molecule has 3 rings (SSSR count). The average molecular weight is 319 g/mol. The molecule has 0 spiro atoms. The summed E-state index contributed by atoms with van der Waals surface area (Å²) in [6.07, 6.45) is 0. The number of rotatable bonds is 5. The minimum absolute atomic E-state index is 0.393. The SMILES string of the molecule is COCc1nc(C)cc(Sc2n[nH]c(-c3cccs3)n2)n1. The van der Waals surface area contributed by atoms with Crippen molar-refractivity contribution in [3.05, 3.63) is 35.1 Å². The van der Waals surface area contributed by atoms with E-state index in [4.69, 9.17) is 4.74 Å². The van der Waals surface area contributed by atoms with Crippen molar-refractivity contribution in [3.63, 3.8) is 0 Å². The lowest BCUT2D eigenvalue weighted by Gasteiger charge is -2.03. The van der Waals surface area contributed by atoms with Crippen molar-refractivity contribution in [3.8, 4) is 10.7 Å². The van der Waals surface area contributed by atoms with Gasteiger partial charge in [0.2, 0.25) is 5.16 Å². The predicted octanol–water partition coefficient (Wildman–Crippen LogP) is 2.93. The second kappa shape index (κ2) is 6.33. The lowest BCUT2D eigenvalue weighted by molar-refractivity contribution is 0.177. The number of aromatic nitrogens is 5. The first-order valence-corrected chi connectivity index (χ1v) is 7.92. The zero-order chi connectivity index (χ0) is 14.7. The molecule has 1 N–H and O–H groups in total. The van der Waals surface area contributed by atoms with Gasteiger partial charge in [-0.2, -0.15) is 0 Å². The number of nitrogens with zero attached hydrogens (tertiary/aromatic N) is 4. The van der Waals surface area contributed by atoms with Crippen molar-refractivity contribution in [2.45, 2.75) is 23.7 Å². The van der Waals surface area contributed by atoms with Gasteiger partial charge in [0.25, 0.3) is 0 Å². The van der Waals surface area contributed by atoms with Crippen LogP contribution in [0.15, 0.2) is 33.8 Å². The third-order valence-electron chi connectivity index (χ3n) is 2.57. The van der Waals surface area contributed by atoms with E-state index < -0.39 is 0 Å². The number of aromatic amines is 1. The molecule has 0 aromatic carbocycles. The van der Waals surface area contributed by atoms with E-state index in [1.165, 1.54) is 11.8 Å². The first-order valence-electron chi connectivity index (χ1n) is 6.22. The van der Waals surface area contributed by atoms with Crippen molar-refractivity contribution < 1.29 is 4.74 Å². The Kier molecular flexibility index (Phi) is 4.28. The topological polar surface area (TPSA) is 76.6 Å². The Bertz CT molecular complexity index is 726. The molecule has 21 heavy (non-hydrogen) atoms. The maximum Gasteiger partial charge on any atom is 0.215 e. The molecular formula is C13H13N5OS2. The Morgan fingerprint density at radius 3 is 3.00 bits per heavy atom. The van der Waals surface area contributed by atoms with Gasteiger partial charge in [0.05, 0.1) is 4.88 Å². The van der Waals surface area contributed by atoms with Gasteiger partial charge in [-0.15, -0.1) is 16.4 Å². The lowest BCUT2D eigenvalue weighted by atomic mass is 10.4. The molecule has 0 atom stereocenters. The quantitative estimate of drug-likeness (QED) is 0.729. The highest BCUT2D eigenvalue weighted by molar-refractivity contribution is 7.99. The van der Waals surface area contributed by atoms with Crippen LogP contribution in [-0.4, -0.2) is 32.3 Å². The van der Waals surface area contributed by atoms with E-state index in [0.717, 1.165) is 21.4 Å². The van der Waals surface area contributed by atoms with Crippen LogP contribution >= 0.6 is 23.1 Å². The number of thiophene rings is 1. The summed E-state index contributed by atoms with van der Waals surface area (Å²) in [7, 11) is 1.63. The van der Waals surface area contributed by atoms with Gasteiger partial charge >= 0.3 is 0 Å². The van der Waals surface area contributed by atoms with E-state index in [1.54, 1.807) is 18.4 Å². The molecule has 0 unspecified atom stereocenters. The van der Waals surface area contributed by atoms with Crippen molar-refractivity contribution in [2.75, 3.05) is 7.11 Å². The van der Waals surface area contributed by atoms with Crippen molar-refractivity contribution >= 4 is 23.1 Å². The number of nitrogens with one attached hydrogen (secondary N) is 1. The third kappa shape index (κ3) is 3.46. The minimum atomic E-state index is 0.393. The summed E-state index contributed by atoms with van der Waals surface area (Å²) in [6.45, 7) is 2.32. The van der Waals surface area contributed by atoms with Crippen LogP contribution < -0.4 is 0 Å². The fourth-order valence-electron chi connectivity index (χ4n) is 1.75. The molecule has 3 aromatic rings. The molecule has 8 heteroatoms. The Hall–Kier alpha value is -1.77. The van der Waals surface area contributed by atoms with Gasteiger partial charge in [-0.1, -0.05) is 6.07 Å². The van der Waals surface area contributed by atoms with E-state index in [9.17, 15) is 0 Å². The zero-order valence-corrected chi connectivity index (χ0v) is 13.2. The molecule has 108 valence electrons. The van der Waals surface area contributed by atoms with Crippen LogP contribution in [0.2, 0.25) is 0 Å². The van der Waals surface area contributed by atoms with Crippen LogP contribution in [0.3, 0.4) is 0 Å². The largest absolute Gasteiger partial charge is 0.377 e. The van der Waals surface area contributed by atoms with Crippen LogP contribution in [0.25, 0.3) is 10.7 Å². The Morgan fingerprint density at radius 1 is 1.33 bits per heavy atom. The first-order chi connectivity index (χ1) is 10.2. The molecule has 3 aromatic heterocycles. The molecule has 3 heterocycles. The summed E-state index contributed by atoms with van der Waals surface area (Å²) in [5, 5.41) is 10.6. The monoisotopic (exact) mass is 319 g/mol. The van der Waals surface area contributed by atoms with Gasteiger partial charge in [0, 0.05) is 12.8 Å². The molecule has 0 aliphatic carbocycles. The van der Waals surface area contributed by atoms with Crippen molar-refractivity contribution in [1.82, 2.24) is 25.1 Å². The normalized spacial score (nSPS) is 11.0. The van der Waals surface area contributed by atoms with E-state index in [2.05, 4.69) is 25.1 Å². The zero-order valence-electron chi connectivity index (χ0n) is 11.5. The molecule has 0 aliphatic heterocycles. The summed E-state index contributed by atoms with van der Waals surface area (Å²) in [6, 6.07) is 5.90. The molecule has 6 nitrogen and oxygen atoms in total. The summed E-state index contributed by atoms with van der Waals surface area (Å²) < 4.78 is 5.07. The molecule has 0 saturated heterocycles.